The van der Waals surface area contributed by atoms with Gasteiger partial charge >= 0.3 is 0 Å². The lowest BCUT2D eigenvalue weighted by Gasteiger charge is -2.23. The quantitative estimate of drug-likeness (QED) is 0.310. The lowest BCUT2D eigenvalue weighted by molar-refractivity contribution is -0.0996. The van der Waals surface area contributed by atoms with Crippen LogP contribution in [0.2, 0.25) is 0 Å². The molecule has 0 saturated carbocycles. The Morgan fingerprint density at radius 2 is 1.58 bits per heavy atom. The third kappa shape index (κ3) is 3.10. The minimum Gasteiger partial charge on any atom is -0.394 e. The molecule has 4 atom stereocenters. The summed E-state index contributed by atoms with van der Waals surface area (Å²) in [6.45, 7) is -0.692. The van der Waals surface area contributed by atoms with Gasteiger partial charge in [-0.25, -0.2) is 0 Å². The smallest absolute Gasteiger partial charge is 0.113 e. The van der Waals surface area contributed by atoms with E-state index in [1.165, 1.54) is 0 Å². The predicted octanol–water partition coefficient (Wildman–Crippen LogP) is -2.58. The average Bonchev–Trinajstić information content (AvgIpc) is 2.12. The standard InChI is InChI=1S/C6H12O5S/c7-1-3(8)5(10)6(11)4(9)2-12/h2-11H,1H2/t3-,4+,5-,6-/m0/s1. The number of rotatable bonds is 5. The molecule has 0 aromatic heterocycles. The topological polar surface area (TPSA) is 101 Å². The summed E-state index contributed by atoms with van der Waals surface area (Å²) in [7, 11) is 0. The fourth-order valence-corrected chi connectivity index (χ4v) is 0.779. The first-order chi connectivity index (χ1) is 5.54. The maximum Gasteiger partial charge on any atom is 0.113 e. The molecule has 12 heavy (non-hydrogen) atoms. The van der Waals surface area contributed by atoms with Gasteiger partial charge in [-0.2, -0.15) is 0 Å². The number of thiocarbonyl (C=S) groups is 1. The van der Waals surface area contributed by atoms with Gasteiger partial charge in [-0.15, -0.1) is 0 Å². The van der Waals surface area contributed by atoms with E-state index in [1.54, 1.807) is 0 Å². The minimum absolute atomic E-state index is 0.692. The van der Waals surface area contributed by atoms with Crippen LogP contribution >= 0.6 is 12.2 Å². The fraction of sp³-hybridized carbons (Fsp3) is 0.833. The molecule has 0 aromatic carbocycles. The summed E-state index contributed by atoms with van der Waals surface area (Å²) in [6, 6.07) is 0. The first-order valence-corrected chi connectivity index (χ1v) is 3.80. The average molecular weight is 196 g/mol. The molecule has 5 nitrogen and oxygen atoms in total. The van der Waals surface area contributed by atoms with E-state index in [-0.39, 0.29) is 0 Å². The summed E-state index contributed by atoms with van der Waals surface area (Å²) in [5, 5.41) is 44.9. The van der Waals surface area contributed by atoms with E-state index < -0.39 is 31.0 Å². The first-order valence-electron chi connectivity index (χ1n) is 3.33. The lowest BCUT2D eigenvalue weighted by atomic mass is 10.0. The molecule has 0 fully saturated rings. The molecule has 0 heterocycles. The number of aliphatic hydroxyl groups is 5. The van der Waals surface area contributed by atoms with Gasteiger partial charge in [-0.05, 0) is 0 Å². The van der Waals surface area contributed by atoms with Crippen molar-refractivity contribution in [3.05, 3.63) is 0 Å². The van der Waals surface area contributed by atoms with Gasteiger partial charge in [0.05, 0.1) is 6.61 Å². The van der Waals surface area contributed by atoms with Crippen LogP contribution in [0, 0.1) is 0 Å². The Balaban J connectivity index is 4.07. The van der Waals surface area contributed by atoms with Crippen molar-refractivity contribution in [2.45, 2.75) is 24.4 Å². The molecule has 0 aliphatic heterocycles. The third-order valence-corrected chi connectivity index (χ3v) is 1.70. The Hall–Kier alpha value is -0.110. The predicted molar refractivity (Wildman–Crippen MR) is 44.8 cm³/mol. The van der Waals surface area contributed by atoms with E-state index in [9.17, 15) is 0 Å². The lowest BCUT2D eigenvalue weighted by Crippen LogP contribution is -2.46. The highest BCUT2D eigenvalue weighted by molar-refractivity contribution is 7.79. The molecule has 0 amide bonds. The van der Waals surface area contributed by atoms with Crippen molar-refractivity contribution < 1.29 is 25.5 Å². The monoisotopic (exact) mass is 196 g/mol. The molecular weight excluding hydrogens is 184 g/mol. The summed E-state index contributed by atoms with van der Waals surface area (Å²) in [5.74, 6) is 0. The summed E-state index contributed by atoms with van der Waals surface area (Å²) in [5.41, 5.74) is 0. The van der Waals surface area contributed by atoms with E-state index in [0.29, 0.717) is 0 Å². The summed E-state index contributed by atoms with van der Waals surface area (Å²) < 4.78 is 0. The number of aliphatic hydroxyl groups excluding tert-OH is 5. The minimum atomic E-state index is -1.61. The molecular formula is C6H12O5S. The van der Waals surface area contributed by atoms with Gasteiger partial charge in [0.25, 0.3) is 0 Å². The van der Waals surface area contributed by atoms with Gasteiger partial charge in [0.15, 0.2) is 0 Å². The Morgan fingerprint density at radius 1 is 1.08 bits per heavy atom. The fourth-order valence-electron chi connectivity index (χ4n) is 0.618. The van der Waals surface area contributed by atoms with E-state index in [0.717, 1.165) is 5.37 Å². The summed E-state index contributed by atoms with van der Waals surface area (Å²) >= 11 is 4.30. The Labute approximate surface area is 74.9 Å². The van der Waals surface area contributed by atoms with Crippen LogP contribution in [-0.4, -0.2) is 61.9 Å². The zero-order valence-electron chi connectivity index (χ0n) is 6.24. The number of hydrogen-bond acceptors (Lipinski definition) is 6. The maximum atomic E-state index is 9.02. The van der Waals surface area contributed by atoms with Crippen LogP contribution in [0.1, 0.15) is 0 Å². The molecule has 6 heteroatoms. The van der Waals surface area contributed by atoms with Crippen LogP contribution in [0.25, 0.3) is 0 Å². The van der Waals surface area contributed by atoms with Crippen LogP contribution in [0.3, 0.4) is 0 Å². The van der Waals surface area contributed by atoms with Crippen molar-refractivity contribution >= 4 is 17.6 Å². The molecule has 0 radical (unpaired) electrons. The van der Waals surface area contributed by atoms with Crippen LogP contribution in [0.5, 0.6) is 0 Å². The van der Waals surface area contributed by atoms with Crippen molar-refractivity contribution in [2.24, 2.45) is 0 Å². The van der Waals surface area contributed by atoms with E-state index in [2.05, 4.69) is 12.2 Å². The van der Waals surface area contributed by atoms with Gasteiger partial charge < -0.3 is 25.5 Å². The van der Waals surface area contributed by atoms with E-state index >= 15 is 0 Å². The zero-order chi connectivity index (χ0) is 9.72. The van der Waals surface area contributed by atoms with Gasteiger partial charge in [0.1, 0.15) is 24.4 Å². The molecule has 5 N–H and O–H groups in total. The van der Waals surface area contributed by atoms with Crippen molar-refractivity contribution in [1.82, 2.24) is 0 Å². The highest BCUT2D eigenvalue weighted by Crippen LogP contribution is 2.03. The van der Waals surface area contributed by atoms with Crippen molar-refractivity contribution in [1.29, 1.82) is 0 Å². The first kappa shape index (κ1) is 11.9. The van der Waals surface area contributed by atoms with E-state index in [4.69, 9.17) is 25.5 Å². The Kier molecular flexibility index (Phi) is 5.47. The molecule has 0 unspecified atom stereocenters. The van der Waals surface area contributed by atoms with Gasteiger partial charge in [0, 0.05) is 5.37 Å². The number of hydrogen-bond donors (Lipinski definition) is 5. The van der Waals surface area contributed by atoms with Crippen LogP contribution in [0.4, 0.5) is 0 Å². The van der Waals surface area contributed by atoms with Gasteiger partial charge in [0.2, 0.25) is 0 Å². The second kappa shape index (κ2) is 5.52. The molecule has 0 aliphatic carbocycles. The van der Waals surface area contributed by atoms with Crippen molar-refractivity contribution in [2.75, 3.05) is 6.61 Å². The highest BCUT2D eigenvalue weighted by Gasteiger charge is 2.28. The largest absolute Gasteiger partial charge is 0.394 e. The van der Waals surface area contributed by atoms with Crippen LogP contribution in [-0.2, 0) is 0 Å². The molecule has 0 rings (SSSR count). The second-order valence-corrected chi connectivity index (χ2v) is 2.63. The zero-order valence-corrected chi connectivity index (χ0v) is 7.05. The van der Waals surface area contributed by atoms with Crippen LogP contribution in [0.15, 0.2) is 0 Å². The Bertz CT molecular complexity index is 142. The van der Waals surface area contributed by atoms with Crippen LogP contribution < -0.4 is 0 Å². The second-order valence-electron chi connectivity index (χ2n) is 2.36. The highest BCUT2D eigenvalue weighted by atomic mass is 32.1. The molecule has 0 aliphatic rings. The molecule has 0 bridgehead atoms. The summed E-state index contributed by atoms with van der Waals surface area (Å²) in [4.78, 5) is 0. The van der Waals surface area contributed by atoms with E-state index in [1.807, 2.05) is 0 Å². The SMILES string of the molecule is OC[C@H](O)[C@H](O)[C@@H](O)[C@H](O)C=S. The molecule has 0 spiro atoms. The normalized spacial score (nSPS) is 21.1. The Morgan fingerprint density at radius 3 is 1.92 bits per heavy atom. The summed E-state index contributed by atoms with van der Waals surface area (Å²) in [6.07, 6.45) is -6.06. The van der Waals surface area contributed by atoms with Gasteiger partial charge in [-0.1, -0.05) is 12.2 Å². The maximum absolute atomic E-state index is 9.02. The third-order valence-electron chi connectivity index (χ3n) is 1.42. The van der Waals surface area contributed by atoms with Crippen molar-refractivity contribution in [3.63, 3.8) is 0 Å². The molecule has 0 saturated heterocycles. The molecule has 0 aromatic rings. The van der Waals surface area contributed by atoms with Gasteiger partial charge in [-0.3, -0.25) is 0 Å². The molecule has 72 valence electrons. The van der Waals surface area contributed by atoms with Crippen molar-refractivity contribution in [3.8, 4) is 0 Å².